The molecule has 2 N–H and O–H groups in total. The highest BCUT2D eigenvalue weighted by atomic mass is 19.1. The Hall–Kier alpha value is -2.47. The van der Waals surface area contributed by atoms with E-state index in [0.29, 0.717) is 24.2 Å². The van der Waals surface area contributed by atoms with E-state index in [1.54, 1.807) is 35.2 Å². The molecule has 1 atom stereocenters. The van der Waals surface area contributed by atoms with E-state index >= 15 is 0 Å². The van der Waals surface area contributed by atoms with Crippen LogP contribution in [0, 0.1) is 17.6 Å². The molecule has 0 spiro atoms. The normalized spacial score (nSPS) is 17.4. The van der Waals surface area contributed by atoms with Crippen molar-refractivity contribution >= 4 is 11.7 Å². The molecule has 3 rings (SSSR count). The predicted octanol–water partition coefficient (Wildman–Crippen LogP) is 3.87. The highest BCUT2D eigenvalue weighted by Crippen LogP contribution is 2.32. The van der Waals surface area contributed by atoms with Gasteiger partial charge in [-0.05, 0) is 30.4 Å². The smallest absolute Gasteiger partial charge is 0.321 e. The summed E-state index contributed by atoms with van der Waals surface area (Å²) in [6, 6.07) is 10.3. The van der Waals surface area contributed by atoms with Crippen molar-refractivity contribution in [3.05, 3.63) is 54.1 Å². The van der Waals surface area contributed by atoms with Crippen LogP contribution in [-0.2, 0) is 0 Å². The van der Waals surface area contributed by atoms with Crippen molar-refractivity contribution in [2.24, 2.45) is 5.92 Å². The Morgan fingerprint density at radius 2 is 2.00 bits per heavy atom. The zero-order valence-electron chi connectivity index (χ0n) is 13.7. The molecule has 0 aromatic heterocycles. The van der Waals surface area contributed by atoms with Crippen LogP contribution in [0.3, 0.4) is 0 Å². The second-order valence-corrected chi connectivity index (χ2v) is 6.24. The Bertz CT molecular complexity index is 753. The molecule has 1 saturated heterocycles. The fourth-order valence-electron chi connectivity index (χ4n) is 3.13. The van der Waals surface area contributed by atoms with Crippen LogP contribution in [0.5, 0.6) is 0 Å². The number of aliphatic hydroxyl groups excluding tert-OH is 1. The number of carbonyl (C=O) groups is 1. The van der Waals surface area contributed by atoms with E-state index < -0.39 is 17.7 Å². The third-order valence-electron chi connectivity index (χ3n) is 4.44. The van der Waals surface area contributed by atoms with E-state index in [1.165, 1.54) is 6.07 Å². The summed E-state index contributed by atoms with van der Waals surface area (Å²) < 4.78 is 28.0. The van der Waals surface area contributed by atoms with Gasteiger partial charge in [-0.3, -0.25) is 0 Å². The molecular formula is C19H20F2N2O2. The maximum atomic E-state index is 14.4. The number of urea groups is 1. The first-order valence-corrected chi connectivity index (χ1v) is 8.29. The number of aliphatic hydroxyl groups is 1. The van der Waals surface area contributed by atoms with Crippen LogP contribution in [0.15, 0.2) is 42.5 Å². The summed E-state index contributed by atoms with van der Waals surface area (Å²) in [5, 5.41) is 11.9. The molecule has 2 aromatic rings. The number of hydrogen-bond acceptors (Lipinski definition) is 2. The Kier molecular flexibility index (Phi) is 5.28. The summed E-state index contributed by atoms with van der Waals surface area (Å²) in [6.07, 6.45) is 1.65. The summed E-state index contributed by atoms with van der Waals surface area (Å²) in [5.74, 6) is -1.48. The first-order chi connectivity index (χ1) is 12.1. The number of piperidine rings is 1. The summed E-state index contributed by atoms with van der Waals surface area (Å²) >= 11 is 0. The quantitative estimate of drug-likeness (QED) is 0.886. The number of nitrogens with zero attached hydrogens (tertiary/aromatic N) is 1. The fourth-order valence-corrected chi connectivity index (χ4v) is 3.13. The van der Waals surface area contributed by atoms with Gasteiger partial charge in [-0.15, -0.1) is 0 Å². The number of nitrogens with one attached hydrogen (secondary N) is 1. The minimum Gasteiger partial charge on any atom is -0.396 e. The van der Waals surface area contributed by atoms with E-state index in [-0.39, 0.29) is 18.2 Å². The second-order valence-electron chi connectivity index (χ2n) is 6.24. The average molecular weight is 346 g/mol. The van der Waals surface area contributed by atoms with Gasteiger partial charge in [0.2, 0.25) is 0 Å². The van der Waals surface area contributed by atoms with Gasteiger partial charge in [0.25, 0.3) is 0 Å². The van der Waals surface area contributed by atoms with Crippen LogP contribution in [0.4, 0.5) is 19.3 Å². The SMILES string of the molecule is O=C(Nc1c(F)cc(F)cc1-c1ccccc1)N1CCCC(CO)C1. The van der Waals surface area contributed by atoms with Gasteiger partial charge >= 0.3 is 6.03 Å². The van der Waals surface area contributed by atoms with Crippen LogP contribution >= 0.6 is 0 Å². The maximum Gasteiger partial charge on any atom is 0.321 e. The number of anilines is 1. The number of amides is 2. The first kappa shape index (κ1) is 17.4. The Balaban J connectivity index is 1.88. The summed E-state index contributed by atoms with van der Waals surface area (Å²) in [7, 11) is 0. The van der Waals surface area contributed by atoms with Crippen LogP contribution in [0.25, 0.3) is 11.1 Å². The Morgan fingerprint density at radius 3 is 2.72 bits per heavy atom. The van der Waals surface area contributed by atoms with Gasteiger partial charge in [0, 0.05) is 31.3 Å². The minimum absolute atomic E-state index is 0.0178. The summed E-state index contributed by atoms with van der Waals surface area (Å²) in [6.45, 7) is 0.988. The van der Waals surface area contributed by atoms with Crippen LogP contribution < -0.4 is 5.32 Å². The molecular weight excluding hydrogens is 326 g/mol. The number of hydrogen-bond donors (Lipinski definition) is 2. The van der Waals surface area contributed by atoms with Crippen molar-refractivity contribution < 1.29 is 18.7 Å². The van der Waals surface area contributed by atoms with E-state index in [2.05, 4.69) is 5.32 Å². The highest BCUT2D eigenvalue weighted by molar-refractivity contribution is 5.94. The third kappa shape index (κ3) is 3.96. The number of benzene rings is 2. The van der Waals surface area contributed by atoms with Crippen molar-refractivity contribution in [2.75, 3.05) is 25.0 Å². The lowest BCUT2D eigenvalue weighted by molar-refractivity contribution is 0.136. The summed E-state index contributed by atoms with van der Waals surface area (Å²) in [4.78, 5) is 14.1. The number of halogens is 2. The molecule has 1 fully saturated rings. The molecule has 4 nitrogen and oxygen atoms in total. The van der Waals surface area contributed by atoms with Crippen molar-refractivity contribution in [3.63, 3.8) is 0 Å². The van der Waals surface area contributed by atoms with Crippen molar-refractivity contribution in [2.45, 2.75) is 12.8 Å². The molecule has 1 heterocycles. The predicted molar refractivity (Wildman–Crippen MR) is 92.2 cm³/mol. The van der Waals surface area contributed by atoms with Gasteiger partial charge in [-0.2, -0.15) is 0 Å². The van der Waals surface area contributed by atoms with Gasteiger partial charge in [-0.25, -0.2) is 13.6 Å². The molecule has 25 heavy (non-hydrogen) atoms. The summed E-state index contributed by atoms with van der Waals surface area (Å²) in [5.41, 5.74) is 0.869. The lowest BCUT2D eigenvalue weighted by Crippen LogP contribution is -2.43. The molecule has 1 aliphatic heterocycles. The van der Waals surface area contributed by atoms with Crippen LogP contribution in [0.2, 0.25) is 0 Å². The van der Waals surface area contributed by atoms with Crippen LogP contribution in [-0.4, -0.2) is 35.7 Å². The van der Waals surface area contributed by atoms with Gasteiger partial charge in [0.05, 0.1) is 5.69 Å². The molecule has 132 valence electrons. The van der Waals surface area contributed by atoms with Gasteiger partial charge in [0.15, 0.2) is 0 Å². The van der Waals surface area contributed by atoms with E-state index in [0.717, 1.165) is 18.9 Å². The molecule has 0 bridgehead atoms. The molecule has 0 radical (unpaired) electrons. The van der Waals surface area contributed by atoms with Crippen molar-refractivity contribution in [1.82, 2.24) is 4.90 Å². The van der Waals surface area contributed by atoms with Gasteiger partial charge in [0.1, 0.15) is 11.6 Å². The fraction of sp³-hybridized carbons (Fsp3) is 0.316. The highest BCUT2D eigenvalue weighted by Gasteiger charge is 2.25. The maximum absolute atomic E-state index is 14.4. The largest absolute Gasteiger partial charge is 0.396 e. The molecule has 2 amide bonds. The lowest BCUT2D eigenvalue weighted by Gasteiger charge is -2.32. The number of carbonyl (C=O) groups excluding carboxylic acids is 1. The van der Waals surface area contributed by atoms with Crippen molar-refractivity contribution in [3.8, 4) is 11.1 Å². The van der Waals surface area contributed by atoms with E-state index in [9.17, 15) is 18.7 Å². The topological polar surface area (TPSA) is 52.6 Å². The van der Waals surface area contributed by atoms with Gasteiger partial charge in [-0.1, -0.05) is 30.3 Å². The van der Waals surface area contributed by atoms with Crippen LogP contribution in [0.1, 0.15) is 12.8 Å². The monoisotopic (exact) mass is 346 g/mol. The third-order valence-corrected chi connectivity index (χ3v) is 4.44. The van der Waals surface area contributed by atoms with Crippen molar-refractivity contribution in [1.29, 1.82) is 0 Å². The molecule has 1 aliphatic rings. The standard InChI is InChI=1S/C19H20F2N2O2/c20-15-9-16(14-6-2-1-3-7-14)18(17(21)10-15)22-19(25)23-8-4-5-13(11-23)12-24/h1-3,6-7,9-10,13,24H,4-5,8,11-12H2,(H,22,25). The molecule has 0 aliphatic carbocycles. The molecule has 2 aromatic carbocycles. The lowest BCUT2D eigenvalue weighted by atomic mass is 9.99. The van der Waals surface area contributed by atoms with E-state index in [1.807, 2.05) is 0 Å². The van der Waals surface area contributed by atoms with Gasteiger partial charge < -0.3 is 15.3 Å². The minimum atomic E-state index is -0.817. The number of likely N-dealkylation sites (tertiary alicyclic amines) is 1. The average Bonchev–Trinajstić information content (AvgIpc) is 2.64. The van der Waals surface area contributed by atoms with E-state index in [4.69, 9.17) is 0 Å². The second kappa shape index (κ2) is 7.61. The zero-order valence-corrected chi connectivity index (χ0v) is 13.7. The Morgan fingerprint density at radius 1 is 1.24 bits per heavy atom. The zero-order chi connectivity index (χ0) is 17.8. The molecule has 0 saturated carbocycles. The molecule has 1 unspecified atom stereocenters. The Labute approximate surface area is 145 Å². The first-order valence-electron chi connectivity index (χ1n) is 8.29. The number of rotatable bonds is 3. The molecule has 6 heteroatoms.